The Morgan fingerprint density at radius 2 is 2.18 bits per heavy atom. The van der Waals surface area contributed by atoms with Crippen molar-refractivity contribution in [3.8, 4) is 0 Å². The van der Waals surface area contributed by atoms with E-state index in [4.69, 9.17) is 22.0 Å². The first-order valence-electron chi connectivity index (χ1n) is 8.04. The van der Waals surface area contributed by atoms with Crippen molar-refractivity contribution in [1.82, 2.24) is 24.8 Å². The zero-order valence-corrected chi connectivity index (χ0v) is 16.8. The van der Waals surface area contributed by atoms with Gasteiger partial charge in [0.15, 0.2) is 11.5 Å². The van der Waals surface area contributed by atoms with Crippen molar-refractivity contribution < 1.29 is 13.2 Å². The Morgan fingerprint density at radius 1 is 1.43 bits per heavy atom. The fourth-order valence-corrected chi connectivity index (χ4v) is 3.79. The van der Waals surface area contributed by atoms with E-state index in [-0.39, 0.29) is 23.1 Å². The summed E-state index contributed by atoms with van der Waals surface area (Å²) in [6, 6.07) is 3.93. The van der Waals surface area contributed by atoms with E-state index in [1.807, 2.05) is 6.92 Å². The molecule has 1 aromatic carbocycles. The van der Waals surface area contributed by atoms with Crippen LogP contribution in [-0.2, 0) is 24.6 Å². The van der Waals surface area contributed by atoms with Gasteiger partial charge < -0.3 is 5.73 Å². The third kappa shape index (κ3) is 4.11. The van der Waals surface area contributed by atoms with Gasteiger partial charge in [-0.2, -0.15) is 5.10 Å². The van der Waals surface area contributed by atoms with E-state index in [1.54, 1.807) is 18.7 Å². The number of aliphatic imine (C=N–C) groups is 1. The zero-order valence-electron chi connectivity index (χ0n) is 15.2. The number of nitrogens with one attached hydrogen (secondary N) is 1. The average molecular weight is 426 g/mol. The molecular formula is C16H17ClFN7O2S. The fourth-order valence-electron chi connectivity index (χ4n) is 2.49. The minimum Gasteiger partial charge on any atom is -0.382 e. The van der Waals surface area contributed by atoms with E-state index in [0.717, 1.165) is 5.69 Å². The SMILES string of the molecule is Cc1nn(C)c(C)c1S(=O)NCc1nonc1C(N)=Nc1ccc(F)c(Cl)c1. The van der Waals surface area contributed by atoms with Crippen LogP contribution in [0.3, 0.4) is 0 Å². The molecule has 1 unspecified atom stereocenters. The van der Waals surface area contributed by atoms with Crippen molar-refractivity contribution in [2.45, 2.75) is 25.3 Å². The Bertz CT molecular complexity index is 1080. The molecule has 1 atom stereocenters. The second kappa shape index (κ2) is 8.17. The van der Waals surface area contributed by atoms with Crippen molar-refractivity contribution in [2.75, 3.05) is 0 Å². The standard InChI is InChI=1S/C16H17ClFN7O2S/c1-8-15(9(2)25(3)22-8)28(26)20-7-13-14(24-27-23-13)16(19)21-10-4-5-12(18)11(17)6-10/h4-6,20H,7H2,1-3H3,(H2,19,21). The van der Waals surface area contributed by atoms with Crippen LogP contribution in [0.2, 0.25) is 5.02 Å². The Labute approximate surface area is 167 Å². The second-order valence-electron chi connectivity index (χ2n) is 5.87. The molecule has 0 aliphatic rings. The second-order valence-corrected chi connectivity index (χ2v) is 7.51. The summed E-state index contributed by atoms with van der Waals surface area (Å²) in [5, 5.41) is 11.7. The van der Waals surface area contributed by atoms with E-state index >= 15 is 0 Å². The lowest BCUT2D eigenvalue weighted by atomic mass is 10.3. The van der Waals surface area contributed by atoms with Crippen molar-refractivity contribution in [3.05, 3.63) is 51.8 Å². The predicted molar refractivity (Wildman–Crippen MR) is 102 cm³/mol. The first-order chi connectivity index (χ1) is 13.3. The summed E-state index contributed by atoms with van der Waals surface area (Å²) in [6.07, 6.45) is 0. The van der Waals surface area contributed by atoms with E-state index < -0.39 is 16.8 Å². The molecule has 3 rings (SSSR count). The fraction of sp³-hybridized carbons (Fsp3) is 0.250. The van der Waals surface area contributed by atoms with Crippen LogP contribution < -0.4 is 10.5 Å². The number of nitrogens with two attached hydrogens (primary N) is 1. The van der Waals surface area contributed by atoms with Gasteiger partial charge >= 0.3 is 0 Å². The van der Waals surface area contributed by atoms with E-state index in [9.17, 15) is 8.60 Å². The Kier molecular flexibility index (Phi) is 5.87. The van der Waals surface area contributed by atoms with Gasteiger partial charge in [-0.25, -0.2) is 22.9 Å². The number of hydrogen-bond donors (Lipinski definition) is 2. The van der Waals surface area contributed by atoms with Crippen LogP contribution in [0.5, 0.6) is 0 Å². The maximum Gasteiger partial charge on any atom is 0.174 e. The number of amidine groups is 1. The molecule has 148 valence electrons. The molecule has 0 radical (unpaired) electrons. The minimum absolute atomic E-state index is 0.000228. The number of rotatable bonds is 6. The Balaban J connectivity index is 1.77. The largest absolute Gasteiger partial charge is 0.382 e. The molecule has 12 heteroatoms. The quantitative estimate of drug-likeness (QED) is 0.460. The Hall–Kier alpha value is -2.63. The van der Waals surface area contributed by atoms with E-state index in [2.05, 4.69) is 25.1 Å². The van der Waals surface area contributed by atoms with E-state index in [0.29, 0.717) is 22.0 Å². The molecule has 0 aliphatic heterocycles. The van der Waals surface area contributed by atoms with Crippen LogP contribution in [0.15, 0.2) is 32.7 Å². The van der Waals surface area contributed by atoms with Gasteiger partial charge in [-0.05, 0) is 37.2 Å². The number of nitrogens with zero attached hydrogens (tertiary/aromatic N) is 5. The van der Waals surface area contributed by atoms with Gasteiger partial charge in [0.25, 0.3) is 0 Å². The summed E-state index contributed by atoms with van der Waals surface area (Å²) in [5.41, 5.74) is 8.27. The molecule has 2 aromatic heterocycles. The summed E-state index contributed by atoms with van der Waals surface area (Å²) in [4.78, 5) is 4.74. The third-order valence-corrected chi connectivity index (χ3v) is 5.61. The van der Waals surface area contributed by atoms with Gasteiger partial charge in [0.1, 0.15) is 22.5 Å². The van der Waals surface area contributed by atoms with Crippen molar-refractivity contribution in [2.24, 2.45) is 17.8 Å². The monoisotopic (exact) mass is 425 g/mol. The highest BCUT2D eigenvalue weighted by Crippen LogP contribution is 2.22. The van der Waals surface area contributed by atoms with Crippen LogP contribution in [0, 0.1) is 19.7 Å². The van der Waals surface area contributed by atoms with Crippen LogP contribution in [0.1, 0.15) is 22.8 Å². The highest BCUT2D eigenvalue weighted by molar-refractivity contribution is 7.83. The number of benzene rings is 1. The van der Waals surface area contributed by atoms with Crippen LogP contribution in [-0.4, -0.2) is 30.1 Å². The highest BCUT2D eigenvalue weighted by Gasteiger charge is 2.19. The van der Waals surface area contributed by atoms with Crippen LogP contribution in [0.25, 0.3) is 0 Å². The Morgan fingerprint density at radius 3 is 2.82 bits per heavy atom. The molecule has 3 N–H and O–H groups in total. The molecule has 0 amide bonds. The molecule has 0 saturated carbocycles. The first kappa shape index (κ1) is 20.1. The lowest BCUT2D eigenvalue weighted by Gasteiger charge is -2.04. The van der Waals surface area contributed by atoms with Gasteiger partial charge in [-0.15, -0.1) is 0 Å². The highest BCUT2D eigenvalue weighted by atomic mass is 35.5. The summed E-state index contributed by atoms with van der Waals surface area (Å²) in [5.74, 6) is -0.559. The maximum atomic E-state index is 13.3. The summed E-state index contributed by atoms with van der Waals surface area (Å²) >= 11 is 5.74. The van der Waals surface area contributed by atoms with Gasteiger partial charge in [-0.3, -0.25) is 4.68 Å². The molecule has 9 nitrogen and oxygen atoms in total. The summed E-state index contributed by atoms with van der Waals surface area (Å²) in [6.45, 7) is 3.68. The lowest BCUT2D eigenvalue weighted by molar-refractivity contribution is 0.302. The van der Waals surface area contributed by atoms with Crippen molar-refractivity contribution in [3.63, 3.8) is 0 Å². The summed E-state index contributed by atoms with van der Waals surface area (Å²) < 4.78 is 35.1. The van der Waals surface area contributed by atoms with Crippen molar-refractivity contribution >= 4 is 34.1 Å². The number of hydrogen-bond acceptors (Lipinski definition) is 6. The lowest BCUT2D eigenvalue weighted by Crippen LogP contribution is -2.22. The first-order valence-corrected chi connectivity index (χ1v) is 9.57. The molecule has 2 heterocycles. The minimum atomic E-state index is -1.52. The molecule has 0 spiro atoms. The molecule has 0 bridgehead atoms. The number of halogens is 2. The zero-order chi connectivity index (χ0) is 20.4. The number of aryl methyl sites for hydroxylation is 2. The molecule has 0 fully saturated rings. The summed E-state index contributed by atoms with van der Waals surface area (Å²) in [7, 11) is 0.261. The number of aromatic nitrogens is 4. The third-order valence-electron chi connectivity index (χ3n) is 3.95. The van der Waals surface area contributed by atoms with Crippen LogP contribution >= 0.6 is 11.6 Å². The van der Waals surface area contributed by atoms with E-state index in [1.165, 1.54) is 18.2 Å². The molecule has 0 saturated heterocycles. The van der Waals surface area contributed by atoms with Gasteiger partial charge in [0, 0.05) is 7.05 Å². The predicted octanol–water partition coefficient (Wildman–Crippen LogP) is 2.06. The molecule has 3 aromatic rings. The normalized spacial score (nSPS) is 13.1. The molecule has 0 aliphatic carbocycles. The topological polar surface area (TPSA) is 124 Å². The van der Waals surface area contributed by atoms with Crippen LogP contribution in [0.4, 0.5) is 10.1 Å². The van der Waals surface area contributed by atoms with Gasteiger partial charge in [-0.1, -0.05) is 16.8 Å². The molecule has 28 heavy (non-hydrogen) atoms. The van der Waals surface area contributed by atoms with Gasteiger partial charge in [0.2, 0.25) is 0 Å². The van der Waals surface area contributed by atoms with Crippen molar-refractivity contribution in [1.29, 1.82) is 0 Å². The smallest absolute Gasteiger partial charge is 0.174 e. The maximum absolute atomic E-state index is 13.3. The molecular weight excluding hydrogens is 409 g/mol. The average Bonchev–Trinajstić information content (AvgIpc) is 3.21. The van der Waals surface area contributed by atoms with Gasteiger partial charge in [0.05, 0.1) is 33.5 Å².